The van der Waals surface area contributed by atoms with Crippen molar-refractivity contribution in [3.8, 4) is 0 Å². The summed E-state index contributed by atoms with van der Waals surface area (Å²) in [6, 6.07) is 6.91. The summed E-state index contributed by atoms with van der Waals surface area (Å²) in [4.78, 5) is 0. The van der Waals surface area contributed by atoms with E-state index < -0.39 is 0 Å². The van der Waals surface area contributed by atoms with Crippen LogP contribution in [-0.4, -0.2) is 6.54 Å². The minimum absolute atomic E-state index is 0.205. The van der Waals surface area contributed by atoms with Crippen LogP contribution in [0.4, 0.5) is 0 Å². The van der Waals surface area contributed by atoms with Gasteiger partial charge < -0.3 is 9.73 Å². The lowest BCUT2D eigenvalue weighted by atomic mass is 9.93. The molecule has 2 aromatic rings. The molecule has 0 aliphatic carbocycles. The van der Waals surface area contributed by atoms with Crippen LogP contribution in [0.5, 0.6) is 0 Å². The molecule has 20 heavy (non-hydrogen) atoms. The molecule has 0 spiro atoms. The average molecular weight is 271 g/mol. The van der Waals surface area contributed by atoms with Crippen LogP contribution in [0.3, 0.4) is 0 Å². The van der Waals surface area contributed by atoms with Gasteiger partial charge in [0.05, 0.1) is 6.04 Å². The van der Waals surface area contributed by atoms with Gasteiger partial charge in [0, 0.05) is 5.56 Å². The summed E-state index contributed by atoms with van der Waals surface area (Å²) >= 11 is 0. The van der Waals surface area contributed by atoms with Gasteiger partial charge in [0.25, 0.3) is 0 Å². The van der Waals surface area contributed by atoms with E-state index in [4.69, 9.17) is 4.42 Å². The van der Waals surface area contributed by atoms with Gasteiger partial charge in [-0.1, -0.05) is 25.1 Å². The zero-order valence-corrected chi connectivity index (χ0v) is 13.4. The van der Waals surface area contributed by atoms with Crippen LogP contribution < -0.4 is 5.32 Å². The molecule has 2 rings (SSSR count). The number of hydrogen-bond donors (Lipinski definition) is 1. The maximum atomic E-state index is 5.81. The van der Waals surface area contributed by atoms with Gasteiger partial charge in [0.15, 0.2) is 0 Å². The molecular weight excluding hydrogens is 246 g/mol. The molecule has 0 aliphatic rings. The van der Waals surface area contributed by atoms with Crippen molar-refractivity contribution < 1.29 is 4.42 Å². The molecule has 1 unspecified atom stereocenters. The zero-order valence-electron chi connectivity index (χ0n) is 13.4. The summed E-state index contributed by atoms with van der Waals surface area (Å²) in [5.41, 5.74) is 6.52. The van der Waals surface area contributed by atoms with Gasteiger partial charge in [-0.3, -0.25) is 0 Å². The molecule has 0 radical (unpaired) electrons. The van der Waals surface area contributed by atoms with E-state index in [1.165, 1.54) is 27.8 Å². The van der Waals surface area contributed by atoms with Crippen molar-refractivity contribution >= 4 is 0 Å². The summed E-state index contributed by atoms with van der Waals surface area (Å²) in [6.07, 6.45) is 0. The van der Waals surface area contributed by atoms with Crippen LogP contribution in [0, 0.1) is 34.6 Å². The Hall–Kier alpha value is -1.54. The van der Waals surface area contributed by atoms with E-state index in [1.807, 2.05) is 6.92 Å². The molecule has 0 amide bonds. The van der Waals surface area contributed by atoms with E-state index in [1.54, 1.807) is 0 Å². The highest BCUT2D eigenvalue weighted by atomic mass is 16.3. The standard InChI is InChI=1S/C18H25NO/c1-7-19-18(16-9-8-11(2)12(3)10-16)17-13(4)14(5)20-15(17)6/h8-10,18-19H,7H2,1-6H3. The summed E-state index contributed by atoms with van der Waals surface area (Å²) in [5, 5.41) is 3.60. The van der Waals surface area contributed by atoms with Gasteiger partial charge in [-0.25, -0.2) is 0 Å². The molecule has 108 valence electrons. The van der Waals surface area contributed by atoms with Gasteiger partial charge in [-0.05, 0) is 63.4 Å². The van der Waals surface area contributed by atoms with Crippen LogP contribution >= 0.6 is 0 Å². The fourth-order valence-electron chi connectivity index (χ4n) is 2.77. The zero-order chi connectivity index (χ0) is 14.9. The molecule has 0 bridgehead atoms. The van der Waals surface area contributed by atoms with E-state index in [-0.39, 0.29) is 6.04 Å². The molecule has 2 heteroatoms. The molecule has 1 N–H and O–H groups in total. The molecule has 1 aromatic heterocycles. The van der Waals surface area contributed by atoms with Crippen molar-refractivity contribution in [2.45, 2.75) is 47.6 Å². The van der Waals surface area contributed by atoms with E-state index in [2.05, 4.69) is 58.1 Å². The van der Waals surface area contributed by atoms with Crippen molar-refractivity contribution in [2.24, 2.45) is 0 Å². The van der Waals surface area contributed by atoms with Crippen molar-refractivity contribution in [1.82, 2.24) is 5.32 Å². The highest BCUT2D eigenvalue weighted by molar-refractivity contribution is 5.42. The van der Waals surface area contributed by atoms with Gasteiger partial charge in [-0.2, -0.15) is 0 Å². The Kier molecular flexibility index (Phi) is 4.34. The fraction of sp³-hybridized carbons (Fsp3) is 0.444. The SMILES string of the molecule is CCNC(c1ccc(C)c(C)c1)c1c(C)oc(C)c1C. The first-order valence-electron chi connectivity index (χ1n) is 7.32. The third-order valence-corrected chi connectivity index (χ3v) is 4.18. The van der Waals surface area contributed by atoms with Gasteiger partial charge >= 0.3 is 0 Å². The molecule has 1 atom stereocenters. The second kappa shape index (κ2) is 5.84. The van der Waals surface area contributed by atoms with E-state index in [0.717, 1.165) is 18.1 Å². The van der Waals surface area contributed by atoms with Crippen LogP contribution in [0.25, 0.3) is 0 Å². The third-order valence-electron chi connectivity index (χ3n) is 4.18. The predicted molar refractivity (Wildman–Crippen MR) is 84.4 cm³/mol. The normalized spacial score (nSPS) is 12.7. The molecular formula is C18H25NO. The first kappa shape index (κ1) is 14.9. The Labute approximate surface area is 122 Å². The maximum Gasteiger partial charge on any atom is 0.106 e. The molecule has 1 aromatic carbocycles. The average Bonchev–Trinajstić information content (AvgIpc) is 2.65. The lowest BCUT2D eigenvalue weighted by Gasteiger charge is -2.20. The van der Waals surface area contributed by atoms with Crippen LogP contribution in [0.2, 0.25) is 0 Å². The minimum atomic E-state index is 0.205. The number of aryl methyl sites for hydroxylation is 4. The summed E-state index contributed by atoms with van der Waals surface area (Å²) < 4.78 is 5.81. The largest absolute Gasteiger partial charge is 0.466 e. The second-order valence-corrected chi connectivity index (χ2v) is 5.59. The summed E-state index contributed by atoms with van der Waals surface area (Å²) in [5.74, 6) is 2.04. The molecule has 2 nitrogen and oxygen atoms in total. The highest BCUT2D eigenvalue weighted by Gasteiger charge is 2.22. The van der Waals surface area contributed by atoms with Crippen molar-refractivity contribution in [2.75, 3.05) is 6.54 Å². The Morgan fingerprint density at radius 1 is 1.00 bits per heavy atom. The predicted octanol–water partition coefficient (Wildman–Crippen LogP) is 4.52. The topological polar surface area (TPSA) is 25.2 Å². The Bertz CT molecular complexity index is 610. The molecule has 1 heterocycles. The molecule has 0 aliphatic heterocycles. The highest BCUT2D eigenvalue weighted by Crippen LogP contribution is 2.32. The number of nitrogens with one attached hydrogen (secondary N) is 1. The third kappa shape index (κ3) is 2.66. The van der Waals surface area contributed by atoms with Gasteiger partial charge in [0.1, 0.15) is 11.5 Å². The monoisotopic (exact) mass is 271 g/mol. The van der Waals surface area contributed by atoms with Crippen molar-refractivity contribution in [3.63, 3.8) is 0 Å². The number of rotatable bonds is 4. The second-order valence-electron chi connectivity index (χ2n) is 5.59. The smallest absolute Gasteiger partial charge is 0.106 e. The van der Waals surface area contributed by atoms with Crippen molar-refractivity contribution in [1.29, 1.82) is 0 Å². The number of hydrogen-bond acceptors (Lipinski definition) is 2. The summed E-state index contributed by atoms with van der Waals surface area (Å²) in [7, 11) is 0. The molecule has 0 saturated heterocycles. The fourth-order valence-corrected chi connectivity index (χ4v) is 2.77. The quantitative estimate of drug-likeness (QED) is 0.884. The van der Waals surface area contributed by atoms with Gasteiger partial charge in [0.2, 0.25) is 0 Å². The molecule has 0 saturated carbocycles. The first-order chi connectivity index (χ1) is 9.45. The lowest BCUT2D eigenvalue weighted by molar-refractivity contribution is 0.494. The van der Waals surface area contributed by atoms with E-state index in [9.17, 15) is 0 Å². The van der Waals surface area contributed by atoms with Crippen LogP contribution in [-0.2, 0) is 0 Å². The van der Waals surface area contributed by atoms with E-state index >= 15 is 0 Å². The first-order valence-corrected chi connectivity index (χ1v) is 7.32. The van der Waals surface area contributed by atoms with Gasteiger partial charge in [-0.15, -0.1) is 0 Å². The number of furan rings is 1. The lowest BCUT2D eigenvalue weighted by Crippen LogP contribution is -2.23. The van der Waals surface area contributed by atoms with Crippen molar-refractivity contribution in [3.05, 3.63) is 57.5 Å². The van der Waals surface area contributed by atoms with E-state index in [0.29, 0.717) is 0 Å². The Morgan fingerprint density at radius 2 is 1.70 bits per heavy atom. The Balaban J connectivity index is 2.53. The molecule has 0 fully saturated rings. The summed E-state index contributed by atoms with van der Waals surface area (Å²) in [6.45, 7) is 13.6. The minimum Gasteiger partial charge on any atom is -0.466 e. The Morgan fingerprint density at radius 3 is 2.20 bits per heavy atom. The number of benzene rings is 1. The maximum absolute atomic E-state index is 5.81. The van der Waals surface area contributed by atoms with Crippen LogP contribution in [0.1, 0.15) is 52.3 Å². The van der Waals surface area contributed by atoms with Crippen LogP contribution in [0.15, 0.2) is 22.6 Å².